The van der Waals surface area contributed by atoms with E-state index in [1.165, 1.54) is 5.56 Å². The van der Waals surface area contributed by atoms with E-state index < -0.39 is 11.9 Å². The summed E-state index contributed by atoms with van der Waals surface area (Å²) in [6.07, 6.45) is 6.33. The standard InChI is InChI=1S/C23H30N2O4/c1-15(16-10-11-16)24-21(26)14-29-23(28)19-8-4-3-7-18(19)22(27)25-13-12-17-6-2-5-9-20(17)25/h2,5-6,9,15-16,18-19H,3-4,7-8,10-14H2,1H3,(H,24,26). The second kappa shape index (κ2) is 8.56. The van der Waals surface area contributed by atoms with Crippen molar-refractivity contribution in [2.75, 3.05) is 18.1 Å². The molecule has 0 saturated heterocycles. The molecule has 2 aliphatic carbocycles. The minimum atomic E-state index is -0.460. The smallest absolute Gasteiger partial charge is 0.310 e. The van der Waals surface area contributed by atoms with Gasteiger partial charge in [-0.2, -0.15) is 0 Å². The summed E-state index contributed by atoms with van der Waals surface area (Å²) in [7, 11) is 0. The zero-order chi connectivity index (χ0) is 20.4. The quantitative estimate of drug-likeness (QED) is 0.748. The number of para-hydroxylation sites is 1. The van der Waals surface area contributed by atoms with Gasteiger partial charge in [0.15, 0.2) is 6.61 Å². The van der Waals surface area contributed by atoms with Gasteiger partial charge in [-0.1, -0.05) is 31.0 Å². The van der Waals surface area contributed by atoms with Crippen LogP contribution in [0.3, 0.4) is 0 Å². The SMILES string of the molecule is CC(NC(=O)COC(=O)C1CCCCC1C(=O)N1CCc2ccccc21)C1CC1. The monoisotopic (exact) mass is 398 g/mol. The molecule has 0 aromatic heterocycles. The van der Waals surface area contributed by atoms with Crippen molar-refractivity contribution in [3.63, 3.8) is 0 Å². The first-order valence-electron chi connectivity index (χ1n) is 10.9. The summed E-state index contributed by atoms with van der Waals surface area (Å²) in [5, 5.41) is 2.90. The van der Waals surface area contributed by atoms with Gasteiger partial charge < -0.3 is 15.0 Å². The van der Waals surface area contributed by atoms with Gasteiger partial charge in [0.2, 0.25) is 5.91 Å². The van der Waals surface area contributed by atoms with Crippen LogP contribution in [0.4, 0.5) is 5.69 Å². The maximum absolute atomic E-state index is 13.3. The molecule has 6 nitrogen and oxygen atoms in total. The molecule has 4 rings (SSSR count). The molecule has 1 heterocycles. The molecule has 0 radical (unpaired) electrons. The van der Waals surface area contributed by atoms with E-state index in [1.807, 2.05) is 30.0 Å². The number of hydrogen-bond acceptors (Lipinski definition) is 4. The molecular formula is C23H30N2O4. The predicted octanol–water partition coefficient (Wildman–Crippen LogP) is 2.84. The Morgan fingerprint density at radius 2 is 1.83 bits per heavy atom. The van der Waals surface area contributed by atoms with Gasteiger partial charge in [-0.05, 0) is 56.6 Å². The van der Waals surface area contributed by atoms with Crippen LogP contribution in [0.15, 0.2) is 24.3 Å². The Hall–Kier alpha value is -2.37. The summed E-state index contributed by atoms with van der Waals surface area (Å²) in [6, 6.07) is 8.08. The molecule has 1 N–H and O–H groups in total. The van der Waals surface area contributed by atoms with Crippen molar-refractivity contribution in [1.29, 1.82) is 0 Å². The zero-order valence-corrected chi connectivity index (χ0v) is 17.1. The molecule has 2 saturated carbocycles. The molecule has 0 spiro atoms. The van der Waals surface area contributed by atoms with Crippen LogP contribution in [-0.4, -0.2) is 37.0 Å². The number of hydrogen-bond donors (Lipinski definition) is 1. The molecule has 6 heteroatoms. The third-order valence-corrected chi connectivity index (χ3v) is 6.60. The summed E-state index contributed by atoms with van der Waals surface area (Å²) in [6.45, 7) is 2.39. The largest absolute Gasteiger partial charge is 0.455 e. The fraction of sp³-hybridized carbons (Fsp3) is 0.609. The van der Waals surface area contributed by atoms with Crippen LogP contribution in [0.25, 0.3) is 0 Å². The topological polar surface area (TPSA) is 75.7 Å². The molecule has 29 heavy (non-hydrogen) atoms. The van der Waals surface area contributed by atoms with Gasteiger partial charge in [-0.3, -0.25) is 14.4 Å². The van der Waals surface area contributed by atoms with Crippen LogP contribution in [0, 0.1) is 17.8 Å². The first kappa shape index (κ1) is 19.9. The molecule has 156 valence electrons. The number of esters is 1. The van der Waals surface area contributed by atoms with Gasteiger partial charge in [0.25, 0.3) is 5.91 Å². The lowest BCUT2D eigenvalue weighted by molar-refractivity contribution is -0.157. The predicted molar refractivity (Wildman–Crippen MR) is 109 cm³/mol. The minimum Gasteiger partial charge on any atom is -0.455 e. The van der Waals surface area contributed by atoms with Crippen molar-refractivity contribution in [3.05, 3.63) is 29.8 Å². The highest BCUT2D eigenvalue weighted by atomic mass is 16.5. The Labute approximate surface area is 172 Å². The van der Waals surface area contributed by atoms with Gasteiger partial charge in [0.1, 0.15) is 0 Å². The van der Waals surface area contributed by atoms with E-state index in [4.69, 9.17) is 4.74 Å². The van der Waals surface area contributed by atoms with Crippen LogP contribution >= 0.6 is 0 Å². The molecular weight excluding hydrogens is 368 g/mol. The van der Waals surface area contributed by atoms with Gasteiger partial charge in [-0.15, -0.1) is 0 Å². The van der Waals surface area contributed by atoms with Crippen LogP contribution in [0.1, 0.15) is 51.0 Å². The number of benzene rings is 1. The third kappa shape index (κ3) is 4.46. The highest BCUT2D eigenvalue weighted by Crippen LogP contribution is 2.36. The van der Waals surface area contributed by atoms with Crippen molar-refractivity contribution >= 4 is 23.5 Å². The van der Waals surface area contributed by atoms with Crippen LogP contribution in [0.5, 0.6) is 0 Å². The van der Waals surface area contributed by atoms with Crippen LogP contribution < -0.4 is 10.2 Å². The van der Waals surface area contributed by atoms with Crippen molar-refractivity contribution in [2.45, 2.75) is 57.9 Å². The van der Waals surface area contributed by atoms with E-state index in [1.54, 1.807) is 0 Å². The normalized spacial score (nSPS) is 24.5. The number of fused-ring (bicyclic) bond motifs is 1. The number of nitrogens with one attached hydrogen (secondary N) is 1. The van der Waals surface area contributed by atoms with Gasteiger partial charge in [0.05, 0.1) is 11.8 Å². The summed E-state index contributed by atoms with van der Waals surface area (Å²) in [4.78, 5) is 39.9. The fourth-order valence-electron chi connectivity index (χ4n) is 4.73. The van der Waals surface area contributed by atoms with E-state index in [9.17, 15) is 14.4 Å². The summed E-state index contributed by atoms with van der Waals surface area (Å²) in [5.41, 5.74) is 2.14. The van der Waals surface area contributed by atoms with Crippen molar-refractivity contribution in [2.24, 2.45) is 17.8 Å². The number of anilines is 1. The van der Waals surface area contributed by atoms with E-state index in [0.717, 1.165) is 37.8 Å². The lowest BCUT2D eigenvalue weighted by atomic mass is 9.78. The Morgan fingerprint density at radius 1 is 1.10 bits per heavy atom. The van der Waals surface area contributed by atoms with E-state index in [0.29, 0.717) is 25.3 Å². The van der Waals surface area contributed by atoms with Gasteiger partial charge >= 0.3 is 5.97 Å². The first-order chi connectivity index (χ1) is 14.0. The molecule has 3 aliphatic rings. The number of carbonyl (C=O) groups is 3. The van der Waals surface area contributed by atoms with E-state index >= 15 is 0 Å². The second-order valence-electron chi connectivity index (χ2n) is 8.67. The number of nitrogens with zero attached hydrogens (tertiary/aromatic N) is 1. The average Bonchev–Trinajstić information content (AvgIpc) is 3.51. The van der Waals surface area contributed by atoms with Crippen molar-refractivity contribution in [3.8, 4) is 0 Å². The molecule has 1 aromatic rings. The Bertz CT molecular complexity index is 789. The third-order valence-electron chi connectivity index (χ3n) is 6.60. The molecule has 0 bridgehead atoms. The molecule has 3 atom stereocenters. The first-order valence-corrected chi connectivity index (χ1v) is 10.9. The number of rotatable bonds is 6. The fourth-order valence-corrected chi connectivity index (χ4v) is 4.73. The van der Waals surface area contributed by atoms with Crippen molar-refractivity contribution in [1.82, 2.24) is 5.32 Å². The molecule has 2 amide bonds. The maximum atomic E-state index is 13.3. The van der Waals surface area contributed by atoms with Gasteiger partial charge in [0, 0.05) is 18.3 Å². The van der Waals surface area contributed by atoms with Crippen LogP contribution in [-0.2, 0) is 25.5 Å². The minimum absolute atomic E-state index is 0.0170. The Kier molecular flexibility index (Phi) is 5.88. The number of carbonyl (C=O) groups excluding carboxylic acids is 3. The highest BCUT2D eigenvalue weighted by molar-refractivity contribution is 5.99. The second-order valence-corrected chi connectivity index (χ2v) is 8.67. The molecule has 1 aliphatic heterocycles. The molecule has 1 aromatic carbocycles. The Balaban J connectivity index is 1.36. The number of amides is 2. The lowest BCUT2D eigenvalue weighted by Gasteiger charge is -2.32. The molecule has 3 unspecified atom stereocenters. The van der Waals surface area contributed by atoms with Gasteiger partial charge in [-0.25, -0.2) is 0 Å². The van der Waals surface area contributed by atoms with E-state index in [-0.39, 0.29) is 30.4 Å². The molecule has 2 fully saturated rings. The Morgan fingerprint density at radius 3 is 2.59 bits per heavy atom. The summed E-state index contributed by atoms with van der Waals surface area (Å²) < 4.78 is 5.34. The maximum Gasteiger partial charge on any atom is 0.310 e. The average molecular weight is 399 g/mol. The number of ether oxygens (including phenoxy) is 1. The highest BCUT2D eigenvalue weighted by Gasteiger charge is 2.40. The zero-order valence-electron chi connectivity index (χ0n) is 17.1. The summed E-state index contributed by atoms with van der Waals surface area (Å²) >= 11 is 0. The lowest BCUT2D eigenvalue weighted by Crippen LogP contribution is -2.43. The summed E-state index contributed by atoms with van der Waals surface area (Å²) in [5.74, 6) is -0.926. The van der Waals surface area contributed by atoms with E-state index in [2.05, 4.69) is 11.4 Å². The van der Waals surface area contributed by atoms with Crippen molar-refractivity contribution < 1.29 is 19.1 Å². The van der Waals surface area contributed by atoms with Crippen LogP contribution in [0.2, 0.25) is 0 Å².